The molecule has 0 heterocycles. The van der Waals surface area contributed by atoms with Gasteiger partial charge in [-0.15, -0.1) is 0 Å². The van der Waals surface area contributed by atoms with Crippen molar-refractivity contribution in [2.45, 2.75) is 13.1 Å². The van der Waals surface area contributed by atoms with Crippen molar-refractivity contribution in [3.63, 3.8) is 0 Å². The van der Waals surface area contributed by atoms with Crippen LogP contribution in [0.5, 0.6) is 5.75 Å². The van der Waals surface area contributed by atoms with Gasteiger partial charge >= 0.3 is 0 Å². The number of rotatable bonds is 4. The Labute approximate surface area is 122 Å². The van der Waals surface area contributed by atoms with Gasteiger partial charge in [0.2, 0.25) is 0 Å². The molecule has 0 aliphatic carbocycles. The number of hydrogen-bond donors (Lipinski definition) is 2. The third-order valence-electron chi connectivity index (χ3n) is 2.73. The maximum absolute atomic E-state index is 13.1. The summed E-state index contributed by atoms with van der Waals surface area (Å²) in [5, 5.41) is 11.9. The van der Waals surface area contributed by atoms with Gasteiger partial charge in [0.25, 0.3) is 0 Å². The molecule has 2 aromatic rings. The summed E-state index contributed by atoms with van der Waals surface area (Å²) in [6.45, 7) is 0.527. The van der Waals surface area contributed by atoms with Crippen molar-refractivity contribution in [3.8, 4) is 5.75 Å². The van der Waals surface area contributed by atoms with Crippen LogP contribution >= 0.6 is 15.9 Å². The molecule has 0 fully saturated rings. The van der Waals surface area contributed by atoms with Crippen LogP contribution in [0.3, 0.4) is 0 Å². The van der Waals surface area contributed by atoms with Crippen LogP contribution < -0.4 is 5.32 Å². The molecule has 0 bridgehead atoms. The van der Waals surface area contributed by atoms with Crippen LogP contribution in [0.4, 0.5) is 13.2 Å². The maximum Gasteiger partial charge on any atom is 0.187 e. The zero-order valence-corrected chi connectivity index (χ0v) is 11.8. The van der Waals surface area contributed by atoms with E-state index < -0.39 is 17.4 Å². The SMILES string of the molecule is Oc1c(F)cc(CNCc2cc(F)ccc2Br)cc1F. The van der Waals surface area contributed by atoms with E-state index in [1.807, 2.05) is 0 Å². The van der Waals surface area contributed by atoms with Crippen LogP contribution in [0.25, 0.3) is 0 Å². The van der Waals surface area contributed by atoms with Gasteiger partial charge < -0.3 is 10.4 Å². The Morgan fingerprint density at radius 1 is 1.00 bits per heavy atom. The van der Waals surface area contributed by atoms with Crippen LogP contribution in [0.1, 0.15) is 11.1 Å². The molecule has 0 unspecified atom stereocenters. The first-order chi connectivity index (χ1) is 9.47. The predicted octanol–water partition coefficient (Wildman–Crippen LogP) is 3.86. The molecule has 0 spiro atoms. The average molecular weight is 346 g/mol. The van der Waals surface area contributed by atoms with Gasteiger partial charge in [0.15, 0.2) is 17.4 Å². The monoisotopic (exact) mass is 345 g/mol. The van der Waals surface area contributed by atoms with Crippen molar-refractivity contribution in [2.75, 3.05) is 0 Å². The minimum atomic E-state index is -1.01. The normalized spacial score (nSPS) is 10.8. The zero-order chi connectivity index (χ0) is 14.7. The highest BCUT2D eigenvalue weighted by atomic mass is 79.9. The highest BCUT2D eigenvalue weighted by molar-refractivity contribution is 9.10. The molecule has 0 aromatic heterocycles. The second-order valence-corrected chi connectivity index (χ2v) is 5.10. The molecule has 2 nitrogen and oxygen atoms in total. The molecule has 0 saturated carbocycles. The van der Waals surface area contributed by atoms with E-state index in [1.165, 1.54) is 12.1 Å². The molecule has 2 N–H and O–H groups in total. The number of halogens is 4. The van der Waals surface area contributed by atoms with Crippen LogP contribution in [0.15, 0.2) is 34.8 Å². The summed E-state index contributed by atoms with van der Waals surface area (Å²) in [7, 11) is 0. The van der Waals surface area contributed by atoms with Gasteiger partial charge in [-0.3, -0.25) is 0 Å². The molecule has 0 aliphatic rings. The lowest BCUT2D eigenvalue weighted by Gasteiger charge is -2.08. The fourth-order valence-electron chi connectivity index (χ4n) is 1.74. The fourth-order valence-corrected chi connectivity index (χ4v) is 2.13. The number of phenols is 1. The van der Waals surface area contributed by atoms with Crippen molar-refractivity contribution >= 4 is 15.9 Å². The van der Waals surface area contributed by atoms with Crippen LogP contribution in [0, 0.1) is 17.5 Å². The standard InChI is InChI=1S/C14H11BrF3NO/c15-11-2-1-10(16)5-9(11)7-19-6-8-3-12(17)14(20)13(18)4-8/h1-5,19-20H,6-7H2. The number of nitrogens with one attached hydrogen (secondary N) is 1. The Hall–Kier alpha value is -1.53. The van der Waals surface area contributed by atoms with E-state index in [2.05, 4.69) is 21.2 Å². The molecule has 6 heteroatoms. The second-order valence-electron chi connectivity index (χ2n) is 4.25. The van der Waals surface area contributed by atoms with Gasteiger partial charge in [-0.2, -0.15) is 0 Å². The third kappa shape index (κ3) is 3.52. The van der Waals surface area contributed by atoms with Gasteiger partial charge in [0.05, 0.1) is 0 Å². The first kappa shape index (κ1) is 14.9. The van der Waals surface area contributed by atoms with E-state index >= 15 is 0 Å². The smallest absolute Gasteiger partial charge is 0.187 e. The summed E-state index contributed by atoms with van der Waals surface area (Å²) in [4.78, 5) is 0. The van der Waals surface area contributed by atoms with Gasteiger partial charge in [-0.25, -0.2) is 13.2 Å². The van der Waals surface area contributed by atoms with Crippen molar-refractivity contribution in [2.24, 2.45) is 0 Å². The van der Waals surface area contributed by atoms with Crippen LogP contribution in [0.2, 0.25) is 0 Å². The minimum Gasteiger partial charge on any atom is -0.503 e. The lowest BCUT2D eigenvalue weighted by molar-refractivity contribution is 0.395. The summed E-state index contributed by atoms with van der Waals surface area (Å²) in [5.74, 6) is -3.35. The van der Waals surface area contributed by atoms with E-state index in [-0.39, 0.29) is 12.4 Å². The first-order valence-electron chi connectivity index (χ1n) is 5.79. The van der Waals surface area contributed by atoms with Crippen molar-refractivity contribution < 1.29 is 18.3 Å². The number of phenolic OH excluding ortho intramolecular Hbond substituents is 1. The van der Waals surface area contributed by atoms with Crippen molar-refractivity contribution in [1.82, 2.24) is 5.32 Å². The Morgan fingerprint density at radius 3 is 2.30 bits per heavy atom. The second kappa shape index (κ2) is 6.28. The maximum atomic E-state index is 13.1. The van der Waals surface area contributed by atoms with E-state index in [0.29, 0.717) is 17.7 Å². The quantitative estimate of drug-likeness (QED) is 0.881. The lowest BCUT2D eigenvalue weighted by atomic mass is 10.2. The topological polar surface area (TPSA) is 32.3 Å². The van der Waals surface area contributed by atoms with Gasteiger partial charge in [0.1, 0.15) is 5.82 Å². The average Bonchev–Trinajstić information content (AvgIpc) is 2.40. The molecular formula is C14H11BrF3NO. The lowest BCUT2D eigenvalue weighted by Crippen LogP contribution is -2.13. The first-order valence-corrected chi connectivity index (χ1v) is 6.58. The highest BCUT2D eigenvalue weighted by Gasteiger charge is 2.09. The van der Waals surface area contributed by atoms with Crippen LogP contribution in [-0.2, 0) is 13.1 Å². The van der Waals surface area contributed by atoms with Gasteiger partial charge in [-0.05, 0) is 41.5 Å². The molecule has 2 aromatic carbocycles. The van der Waals surface area contributed by atoms with E-state index in [4.69, 9.17) is 5.11 Å². The van der Waals surface area contributed by atoms with Gasteiger partial charge in [-0.1, -0.05) is 15.9 Å². The summed E-state index contributed by atoms with van der Waals surface area (Å²) in [6.07, 6.45) is 0. The fraction of sp³-hybridized carbons (Fsp3) is 0.143. The van der Waals surface area contributed by atoms with Crippen molar-refractivity contribution in [1.29, 1.82) is 0 Å². The number of hydrogen-bond acceptors (Lipinski definition) is 2. The summed E-state index contributed by atoms with van der Waals surface area (Å²) < 4.78 is 40.1. The zero-order valence-electron chi connectivity index (χ0n) is 10.3. The summed E-state index contributed by atoms with van der Waals surface area (Å²) in [5.41, 5.74) is 1.05. The molecule has 0 radical (unpaired) electrons. The molecule has 20 heavy (non-hydrogen) atoms. The Bertz CT molecular complexity index is 611. The molecule has 0 aliphatic heterocycles. The van der Waals surface area contributed by atoms with E-state index in [1.54, 1.807) is 6.07 Å². The molecule has 0 amide bonds. The highest BCUT2D eigenvalue weighted by Crippen LogP contribution is 2.22. The van der Waals surface area contributed by atoms with Gasteiger partial charge in [0, 0.05) is 17.6 Å². The number of aromatic hydroxyl groups is 1. The predicted molar refractivity (Wildman–Crippen MR) is 72.7 cm³/mol. The summed E-state index contributed by atoms with van der Waals surface area (Å²) >= 11 is 3.29. The third-order valence-corrected chi connectivity index (χ3v) is 3.50. The molecule has 106 valence electrons. The van der Waals surface area contributed by atoms with E-state index in [0.717, 1.165) is 16.6 Å². The van der Waals surface area contributed by atoms with E-state index in [9.17, 15) is 13.2 Å². The Morgan fingerprint density at radius 2 is 1.65 bits per heavy atom. The minimum absolute atomic E-state index is 0.192. The Balaban J connectivity index is 2.01. The molecule has 2 rings (SSSR count). The number of benzene rings is 2. The Kier molecular flexibility index (Phi) is 4.67. The van der Waals surface area contributed by atoms with Crippen molar-refractivity contribution in [3.05, 3.63) is 63.4 Å². The molecular weight excluding hydrogens is 335 g/mol. The largest absolute Gasteiger partial charge is 0.503 e. The summed E-state index contributed by atoms with van der Waals surface area (Å²) in [6, 6.07) is 6.39. The molecule has 0 saturated heterocycles. The molecule has 0 atom stereocenters. The van der Waals surface area contributed by atoms with Crippen LogP contribution in [-0.4, -0.2) is 5.11 Å².